The van der Waals surface area contributed by atoms with Gasteiger partial charge in [-0.3, -0.25) is 4.79 Å². The van der Waals surface area contributed by atoms with Gasteiger partial charge in [-0.1, -0.05) is 6.92 Å². The van der Waals surface area contributed by atoms with E-state index in [0.717, 1.165) is 0 Å². The second kappa shape index (κ2) is 7.39. The molecular weight excluding hydrogens is 298 g/mol. The number of aliphatic carboxylic acids is 1. The second-order valence-electron chi connectivity index (χ2n) is 4.45. The van der Waals surface area contributed by atoms with Crippen LogP contribution in [0.3, 0.4) is 0 Å². The van der Waals surface area contributed by atoms with Gasteiger partial charge in [-0.25, -0.2) is 13.1 Å². The standard InChI is InChI=1S/C13H19NO6S/c1-3-10(8-15)14-21(18,19)12-5-4-11(20-2)6-9(12)7-13(16)17/h4-6,10,14-15H,3,7-8H2,1-2H3,(H,16,17)/t10-/m0/s1. The van der Waals surface area contributed by atoms with E-state index in [0.29, 0.717) is 12.2 Å². The monoisotopic (exact) mass is 317 g/mol. The molecular formula is C13H19NO6S. The molecule has 1 aromatic carbocycles. The van der Waals surface area contributed by atoms with Gasteiger partial charge in [0.25, 0.3) is 0 Å². The summed E-state index contributed by atoms with van der Waals surface area (Å²) < 4.78 is 31.9. The number of sulfonamides is 1. The number of rotatable bonds is 8. The van der Waals surface area contributed by atoms with E-state index in [9.17, 15) is 13.2 Å². The van der Waals surface area contributed by atoms with Crippen molar-refractivity contribution in [1.29, 1.82) is 0 Å². The van der Waals surface area contributed by atoms with Crippen LogP contribution in [0.15, 0.2) is 23.1 Å². The number of nitrogens with one attached hydrogen (secondary N) is 1. The molecule has 1 aromatic rings. The molecule has 0 fully saturated rings. The first-order valence-electron chi connectivity index (χ1n) is 6.36. The number of ether oxygens (including phenoxy) is 1. The van der Waals surface area contributed by atoms with E-state index >= 15 is 0 Å². The molecule has 7 nitrogen and oxygen atoms in total. The van der Waals surface area contributed by atoms with E-state index < -0.39 is 28.5 Å². The average Bonchev–Trinajstić information content (AvgIpc) is 2.43. The SMILES string of the molecule is CC[C@@H](CO)NS(=O)(=O)c1ccc(OC)cc1CC(=O)O. The van der Waals surface area contributed by atoms with Gasteiger partial charge in [0, 0.05) is 6.04 Å². The summed E-state index contributed by atoms with van der Waals surface area (Å²) in [5.74, 6) is -0.770. The number of carboxylic acid groups (broad SMARTS) is 1. The van der Waals surface area contributed by atoms with E-state index in [1.54, 1.807) is 6.92 Å². The Morgan fingerprint density at radius 1 is 1.43 bits per heavy atom. The van der Waals surface area contributed by atoms with Crippen LogP contribution >= 0.6 is 0 Å². The summed E-state index contributed by atoms with van der Waals surface area (Å²) in [7, 11) is -2.51. The summed E-state index contributed by atoms with van der Waals surface area (Å²) in [4.78, 5) is 10.8. The van der Waals surface area contributed by atoms with Crippen molar-refractivity contribution in [3.8, 4) is 5.75 Å². The van der Waals surface area contributed by atoms with Crippen LogP contribution < -0.4 is 9.46 Å². The summed E-state index contributed by atoms with van der Waals surface area (Å²) in [6, 6.07) is 3.50. The molecule has 0 bridgehead atoms. The Balaban J connectivity index is 3.23. The fourth-order valence-corrected chi connectivity index (χ4v) is 3.31. The fraction of sp³-hybridized carbons (Fsp3) is 0.462. The lowest BCUT2D eigenvalue weighted by molar-refractivity contribution is -0.136. The topological polar surface area (TPSA) is 113 Å². The van der Waals surface area contributed by atoms with E-state index in [2.05, 4.69) is 4.72 Å². The minimum absolute atomic E-state index is 0.127. The highest BCUT2D eigenvalue weighted by Gasteiger charge is 2.23. The van der Waals surface area contributed by atoms with Crippen LogP contribution in [0.2, 0.25) is 0 Å². The average molecular weight is 317 g/mol. The minimum atomic E-state index is -3.91. The van der Waals surface area contributed by atoms with Gasteiger partial charge < -0.3 is 14.9 Å². The first kappa shape index (κ1) is 17.4. The van der Waals surface area contributed by atoms with E-state index in [-0.39, 0.29) is 17.1 Å². The lowest BCUT2D eigenvalue weighted by Gasteiger charge is -2.16. The van der Waals surface area contributed by atoms with Gasteiger partial charge in [-0.15, -0.1) is 0 Å². The molecule has 0 radical (unpaired) electrons. The zero-order valence-electron chi connectivity index (χ0n) is 11.9. The van der Waals surface area contributed by atoms with Crippen LogP contribution in [0, 0.1) is 0 Å². The first-order valence-corrected chi connectivity index (χ1v) is 7.84. The molecule has 118 valence electrons. The molecule has 3 N–H and O–H groups in total. The summed E-state index contributed by atoms with van der Waals surface area (Å²) in [6.07, 6.45) is -0.0243. The largest absolute Gasteiger partial charge is 0.497 e. The van der Waals surface area contributed by atoms with Crippen LogP contribution in [-0.4, -0.2) is 44.4 Å². The fourth-order valence-electron chi connectivity index (χ4n) is 1.78. The van der Waals surface area contributed by atoms with Crippen molar-refractivity contribution >= 4 is 16.0 Å². The van der Waals surface area contributed by atoms with E-state index in [1.807, 2.05) is 0 Å². The van der Waals surface area contributed by atoms with Crippen molar-refractivity contribution in [3.63, 3.8) is 0 Å². The number of hydrogen-bond acceptors (Lipinski definition) is 5. The molecule has 1 atom stereocenters. The number of carboxylic acids is 1. The molecule has 0 aliphatic carbocycles. The van der Waals surface area contributed by atoms with Crippen molar-refractivity contribution in [1.82, 2.24) is 4.72 Å². The molecule has 0 unspecified atom stereocenters. The maximum atomic E-state index is 12.3. The molecule has 0 aliphatic heterocycles. The maximum absolute atomic E-state index is 12.3. The first-order chi connectivity index (χ1) is 9.83. The molecule has 0 saturated heterocycles. The van der Waals surface area contributed by atoms with Gasteiger partial charge in [-0.2, -0.15) is 0 Å². The predicted molar refractivity (Wildman–Crippen MR) is 75.8 cm³/mol. The number of hydrogen-bond donors (Lipinski definition) is 3. The van der Waals surface area contributed by atoms with Crippen molar-refractivity contribution in [2.45, 2.75) is 30.7 Å². The zero-order chi connectivity index (χ0) is 16.0. The van der Waals surface area contributed by atoms with E-state index in [1.165, 1.54) is 25.3 Å². The summed E-state index contributed by atoms with van der Waals surface area (Å²) >= 11 is 0. The van der Waals surface area contributed by atoms with Crippen molar-refractivity contribution in [2.75, 3.05) is 13.7 Å². The van der Waals surface area contributed by atoms with Gasteiger partial charge in [0.05, 0.1) is 25.0 Å². The summed E-state index contributed by atoms with van der Waals surface area (Å²) in [5, 5.41) is 18.0. The summed E-state index contributed by atoms with van der Waals surface area (Å²) in [5.41, 5.74) is 0.127. The van der Waals surface area contributed by atoms with Gasteiger partial charge in [0.1, 0.15) is 5.75 Å². The Morgan fingerprint density at radius 2 is 2.10 bits per heavy atom. The van der Waals surface area contributed by atoms with Gasteiger partial charge >= 0.3 is 5.97 Å². The van der Waals surface area contributed by atoms with Crippen LogP contribution in [0.1, 0.15) is 18.9 Å². The van der Waals surface area contributed by atoms with E-state index in [4.69, 9.17) is 14.9 Å². The van der Waals surface area contributed by atoms with Crippen LogP contribution in [0.5, 0.6) is 5.75 Å². The van der Waals surface area contributed by atoms with Crippen LogP contribution in [0.25, 0.3) is 0 Å². The normalized spacial score (nSPS) is 12.9. The lowest BCUT2D eigenvalue weighted by Crippen LogP contribution is -2.37. The zero-order valence-corrected chi connectivity index (χ0v) is 12.7. The number of aliphatic hydroxyl groups excluding tert-OH is 1. The highest BCUT2D eigenvalue weighted by Crippen LogP contribution is 2.22. The predicted octanol–water partition coefficient (Wildman–Crippen LogP) is 0.371. The lowest BCUT2D eigenvalue weighted by atomic mass is 10.1. The van der Waals surface area contributed by atoms with Gasteiger partial charge in [0.2, 0.25) is 10.0 Å². The maximum Gasteiger partial charge on any atom is 0.307 e. The Bertz CT molecular complexity index is 595. The molecule has 21 heavy (non-hydrogen) atoms. The number of methoxy groups -OCH3 is 1. The summed E-state index contributed by atoms with van der Waals surface area (Å²) in [6.45, 7) is 1.40. The van der Waals surface area contributed by atoms with Gasteiger partial charge in [-0.05, 0) is 30.2 Å². The number of benzene rings is 1. The molecule has 1 rings (SSSR count). The molecule has 0 aliphatic rings. The van der Waals surface area contributed by atoms with Crippen molar-refractivity contribution in [2.24, 2.45) is 0 Å². The Labute approximate surface area is 123 Å². The smallest absolute Gasteiger partial charge is 0.307 e. The van der Waals surface area contributed by atoms with Crippen LogP contribution in [0.4, 0.5) is 0 Å². The third-order valence-corrected chi connectivity index (χ3v) is 4.55. The molecule has 8 heteroatoms. The third kappa shape index (κ3) is 4.69. The molecule has 0 saturated carbocycles. The van der Waals surface area contributed by atoms with Crippen molar-refractivity contribution < 1.29 is 28.2 Å². The molecule has 0 aromatic heterocycles. The molecule has 0 amide bonds. The Hall–Kier alpha value is -1.64. The number of carbonyl (C=O) groups is 1. The highest BCUT2D eigenvalue weighted by molar-refractivity contribution is 7.89. The Morgan fingerprint density at radius 3 is 2.57 bits per heavy atom. The molecule has 0 spiro atoms. The van der Waals surface area contributed by atoms with Gasteiger partial charge in [0.15, 0.2) is 0 Å². The Kier molecular flexibility index (Phi) is 6.13. The highest BCUT2D eigenvalue weighted by atomic mass is 32.2. The molecule has 0 heterocycles. The van der Waals surface area contributed by atoms with Crippen LogP contribution in [-0.2, 0) is 21.2 Å². The second-order valence-corrected chi connectivity index (χ2v) is 6.14. The quantitative estimate of drug-likeness (QED) is 0.638. The van der Waals surface area contributed by atoms with Crippen molar-refractivity contribution in [3.05, 3.63) is 23.8 Å². The minimum Gasteiger partial charge on any atom is -0.497 e. The number of aliphatic hydroxyl groups is 1. The third-order valence-electron chi connectivity index (χ3n) is 2.93.